The van der Waals surface area contributed by atoms with Gasteiger partial charge >= 0.3 is 0 Å². The van der Waals surface area contributed by atoms with Gasteiger partial charge in [0.15, 0.2) is 23.0 Å². The van der Waals surface area contributed by atoms with Gasteiger partial charge in [0.05, 0.1) is 34.0 Å². The largest absolute Gasteiger partial charge is 0.496 e. The molecule has 0 aliphatic carbocycles. The summed E-state index contributed by atoms with van der Waals surface area (Å²) in [6.07, 6.45) is -8.27. The summed E-state index contributed by atoms with van der Waals surface area (Å²) in [6, 6.07) is 16.8. The highest BCUT2D eigenvalue weighted by atomic mass is 16.5. The molecule has 232 valence electrons. The van der Waals surface area contributed by atoms with E-state index in [0.29, 0.717) is 17.1 Å². The molecule has 5 rings (SSSR count). The van der Waals surface area contributed by atoms with Gasteiger partial charge in [0.25, 0.3) is 5.91 Å². The summed E-state index contributed by atoms with van der Waals surface area (Å²) in [4.78, 5) is 26.7. The molecule has 12 nitrogen and oxygen atoms in total. The van der Waals surface area contributed by atoms with Crippen LogP contribution < -0.4 is 29.7 Å². The predicted octanol–water partition coefficient (Wildman–Crippen LogP) is 2.33. The second kappa shape index (κ2) is 12.9. The Morgan fingerprint density at radius 3 is 2.18 bits per heavy atom. The maximum Gasteiger partial charge on any atom is 0.252 e. The van der Waals surface area contributed by atoms with Crippen LogP contribution in [0.3, 0.4) is 0 Å². The van der Waals surface area contributed by atoms with E-state index in [1.165, 1.54) is 40.6 Å². The molecule has 0 spiro atoms. The first-order valence-corrected chi connectivity index (χ1v) is 13.7. The molecule has 2 heterocycles. The number of rotatable bonds is 9. The first-order valence-electron chi connectivity index (χ1n) is 13.7. The van der Waals surface area contributed by atoms with Gasteiger partial charge in [-0.15, -0.1) is 0 Å². The van der Waals surface area contributed by atoms with Gasteiger partial charge in [-0.25, -0.2) is 0 Å². The minimum Gasteiger partial charge on any atom is -0.496 e. The molecule has 4 N–H and O–H groups in total. The third kappa shape index (κ3) is 5.67. The van der Waals surface area contributed by atoms with Gasteiger partial charge in [-0.2, -0.15) is 0 Å². The molecule has 0 saturated carbocycles. The van der Waals surface area contributed by atoms with Crippen LogP contribution >= 0.6 is 0 Å². The van der Waals surface area contributed by atoms with Gasteiger partial charge in [-0.1, -0.05) is 30.3 Å². The van der Waals surface area contributed by atoms with Crippen molar-refractivity contribution >= 4 is 16.9 Å². The van der Waals surface area contributed by atoms with Crippen LogP contribution in [0.4, 0.5) is 0 Å². The van der Waals surface area contributed by atoms with Crippen LogP contribution in [0.2, 0.25) is 0 Å². The van der Waals surface area contributed by atoms with Crippen LogP contribution in [0.15, 0.2) is 69.9 Å². The molecule has 3 aromatic carbocycles. The number of carbonyl (C=O) groups is 1. The molecule has 12 heteroatoms. The number of methoxy groups -OCH3 is 4. The molecule has 1 aliphatic heterocycles. The Bertz CT molecular complexity index is 1700. The van der Waals surface area contributed by atoms with Crippen LogP contribution in [-0.4, -0.2) is 74.1 Å². The number of hydrogen-bond donors (Lipinski definition) is 4. The van der Waals surface area contributed by atoms with Gasteiger partial charge in [-0.05, 0) is 23.8 Å². The smallest absolute Gasteiger partial charge is 0.252 e. The highest BCUT2D eigenvalue weighted by Crippen LogP contribution is 2.46. The standard InChI is InChI=1S/C32H33NO11/c1-39-19-11-10-17(12-21(19)40-2)20-13-18(34)24-23(43-20)14-22(41-3)25(29(24)42-4)30-27(36)26(35)28(37)31(44-30)32(38)33-15-16-8-6-5-7-9-16/h5-14,26-28,30-31,35-37H,15H2,1-4H3,(H,33,38)/t26-,27-,28+,30+,31+/m1/s1. The summed E-state index contributed by atoms with van der Waals surface area (Å²) >= 11 is 0. The number of hydrogen-bond acceptors (Lipinski definition) is 11. The fourth-order valence-corrected chi connectivity index (χ4v) is 5.28. The average molecular weight is 608 g/mol. The molecule has 1 aromatic heterocycles. The lowest BCUT2D eigenvalue weighted by molar-refractivity contribution is -0.223. The highest BCUT2D eigenvalue weighted by molar-refractivity contribution is 5.89. The average Bonchev–Trinajstić information content (AvgIpc) is 3.05. The first-order chi connectivity index (χ1) is 21.2. The van der Waals surface area contributed by atoms with Crippen molar-refractivity contribution in [3.8, 4) is 34.3 Å². The molecular formula is C32H33NO11. The number of ether oxygens (including phenoxy) is 5. The molecule has 4 aromatic rings. The van der Waals surface area contributed by atoms with Crippen LogP contribution in [0.25, 0.3) is 22.3 Å². The van der Waals surface area contributed by atoms with Crippen LogP contribution in [0.5, 0.6) is 23.0 Å². The van der Waals surface area contributed by atoms with Crippen molar-refractivity contribution < 1.29 is 48.2 Å². The molecular weight excluding hydrogens is 574 g/mol. The van der Waals surface area contributed by atoms with Crippen LogP contribution in [0.1, 0.15) is 17.2 Å². The maximum atomic E-state index is 13.6. The van der Waals surface area contributed by atoms with Gasteiger partial charge in [0.1, 0.15) is 52.6 Å². The van der Waals surface area contributed by atoms with Crippen molar-refractivity contribution in [2.75, 3.05) is 28.4 Å². The molecule has 5 atom stereocenters. The number of fused-ring (bicyclic) bond motifs is 1. The topological polar surface area (TPSA) is 166 Å². The zero-order valence-corrected chi connectivity index (χ0v) is 24.5. The number of carbonyl (C=O) groups excluding carboxylic acids is 1. The molecule has 1 amide bonds. The van der Waals surface area contributed by atoms with Crippen LogP contribution in [-0.2, 0) is 16.1 Å². The molecule has 0 radical (unpaired) electrons. The summed E-state index contributed by atoms with van der Waals surface area (Å²) in [7, 11) is 5.66. The number of nitrogens with one attached hydrogen (secondary N) is 1. The van der Waals surface area contributed by atoms with Crippen molar-refractivity contribution in [2.45, 2.75) is 37.1 Å². The lowest BCUT2D eigenvalue weighted by Crippen LogP contribution is -2.58. The molecule has 1 aliphatic rings. The zero-order valence-electron chi connectivity index (χ0n) is 24.5. The molecule has 44 heavy (non-hydrogen) atoms. The minimum absolute atomic E-state index is 0.00835. The lowest BCUT2D eigenvalue weighted by atomic mass is 9.89. The minimum atomic E-state index is -1.78. The van der Waals surface area contributed by atoms with E-state index in [4.69, 9.17) is 28.1 Å². The number of aliphatic hydroxyl groups is 3. The van der Waals surface area contributed by atoms with E-state index in [1.54, 1.807) is 18.2 Å². The highest BCUT2D eigenvalue weighted by Gasteiger charge is 2.49. The van der Waals surface area contributed by atoms with Gasteiger partial charge < -0.3 is 48.7 Å². The monoisotopic (exact) mass is 607 g/mol. The SMILES string of the molecule is COc1ccc(-c2cc(=O)c3c(OC)c([C@@H]4O[C@H](C(=O)NCc5ccccc5)[C@@H](O)[C@H](O)[C@H]4O)c(OC)cc3o2)cc1OC. The lowest BCUT2D eigenvalue weighted by Gasteiger charge is -2.40. The van der Waals surface area contributed by atoms with Crippen molar-refractivity contribution in [3.63, 3.8) is 0 Å². The van der Waals surface area contributed by atoms with E-state index in [-0.39, 0.29) is 40.3 Å². The fraction of sp³-hybridized carbons (Fsp3) is 0.312. The molecule has 1 saturated heterocycles. The third-order valence-electron chi connectivity index (χ3n) is 7.53. The Labute approximate surface area is 252 Å². The van der Waals surface area contributed by atoms with Crippen molar-refractivity contribution in [1.29, 1.82) is 0 Å². The Kier molecular flexibility index (Phi) is 9.06. The second-order valence-corrected chi connectivity index (χ2v) is 10.1. The Balaban J connectivity index is 1.56. The van der Waals surface area contributed by atoms with Crippen molar-refractivity contribution in [2.24, 2.45) is 0 Å². The zero-order chi connectivity index (χ0) is 31.5. The summed E-state index contributed by atoms with van der Waals surface area (Å²) in [6.45, 7) is 0.141. The van der Waals surface area contributed by atoms with Gasteiger partial charge in [-0.3, -0.25) is 9.59 Å². The van der Waals surface area contributed by atoms with E-state index in [1.807, 2.05) is 30.3 Å². The van der Waals surface area contributed by atoms with E-state index in [9.17, 15) is 24.9 Å². The normalized spacial score (nSPS) is 21.5. The summed E-state index contributed by atoms with van der Waals surface area (Å²) in [5.41, 5.74) is 1.01. The number of benzene rings is 3. The van der Waals surface area contributed by atoms with E-state index in [2.05, 4.69) is 5.32 Å². The number of amides is 1. The van der Waals surface area contributed by atoms with Crippen molar-refractivity contribution in [3.05, 3.63) is 82.0 Å². The third-order valence-corrected chi connectivity index (χ3v) is 7.53. The Morgan fingerprint density at radius 1 is 0.818 bits per heavy atom. The number of aliphatic hydroxyl groups excluding tert-OH is 3. The van der Waals surface area contributed by atoms with Gasteiger partial charge in [0, 0.05) is 24.2 Å². The second-order valence-electron chi connectivity index (χ2n) is 10.1. The Hall–Kier alpha value is -4.62. The quantitative estimate of drug-likeness (QED) is 0.221. The fourth-order valence-electron chi connectivity index (χ4n) is 5.28. The molecule has 1 fully saturated rings. The van der Waals surface area contributed by atoms with Crippen molar-refractivity contribution in [1.82, 2.24) is 5.32 Å². The van der Waals surface area contributed by atoms with Crippen LogP contribution in [0, 0.1) is 0 Å². The summed E-state index contributed by atoms with van der Waals surface area (Å²) in [5, 5.41) is 35.2. The van der Waals surface area contributed by atoms with E-state index >= 15 is 0 Å². The Morgan fingerprint density at radius 2 is 1.52 bits per heavy atom. The molecule has 0 bridgehead atoms. The van der Waals surface area contributed by atoms with E-state index < -0.39 is 41.9 Å². The summed E-state index contributed by atoms with van der Waals surface area (Å²) < 4.78 is 34.0. The molecule has 0 unspecified atom stereocenters. The first kappa shape index (κ1) is 30.8. The predicted molar refractivity (Wildman–Crippen MR) is 158 cm³/mol. The summed E-state index contributed by atoms with van der Waals surface area (Å²) in [5.74, 6) is 0.474. The van der Waals surface area contributed by atoms with Gasteiger partial charge in [0.2, 0.25) is 0 Å². The van der Waals surface area contributed by atoms with E-state index in [0.717, 1.165) is 5.56 Å². The maximum absolute atomic E-state index is 13.6.